The second-order valence-electron chi connectivity index (χ2n) is 3.86. The Morgan fingerprint density at radius 1 is 1.50 bits per heavy atom. The molecule has 0 atom stereocenters. The predicted octanol–water partition coefficient (Wildman–Crippen LogP) is 1.74. The zero-order chi connectivity index (χ0) is 13.0. The van der Waals surface area contributed by atoms with Gasteiger partial charge < -0.3 is 10.3 Å². The fraction of sp³-hybridized carbons (Fsp3) is 0.250. The number of hydrogen-bond donors (Lipinski definition) is 2. The molecule has 2 aromatic heterocycles. The quantitative estimate of drug-likeness (QED) is 0.827. The van der Waals surface area contributed by atoms with Gasteiger partial charge in [0.2, 0.25) is 0 Å². The summed E-state index contributed by atoms with van der Waals surface area (Å²) >= 11 is 5.80. The highest BCUT2D eigenvalue weighted by atomic mass is 35.5. The maximum absolute atomic E-state index is 11.8. The number of nitrogens with zero attached hydrogens (tertiary/aromatic N) is 2. The summed E-state index contributed by atoms with van der Waals surface area (Å²) in [7, 11) is 0. The van der Waals surface area contributed by atoms with Gasteiger partial charge in [-0.25, -0.2) is 9.97 Å². The number of H-pyrrole nitrogens is 1. The van der Waals surface area contributed by atoms with Gasteiger partial charge in [-0.15, -0.1) is 0 Å². The summed E-state index contributed by atoms with van der Waals surface area (Å²) in [5, 5.41) is 3.13. The van der Waals surface area contributed by atoms with Crippen molar-refractivity contribution in [2.75, 3.05) is 6.54 Å². The normalized spacial score (nSPS) is 10.3. The van der Waals surface area contributed by atoms with Gasteiger partial charge in [0.15, 0.2) is 0 Å². The van der Waals surface area contributed by atoms with Crippen LogP contribution in [0.15, 0.2) is 24.5 Å². The van der Waals surface area contributed by atoms with Gasteiger partial charge in [0.1, 0.15) is 11.0 Å². The molecule has 2 heterocycles. The van der Waals surface area contributed by atoms with Crippen molar-refractivity contribution in [2.24, 2.45) is 0 Å². The summed E-state index contributed by atoms with van der Waals surface area (Å²) in [5.41, 5.74) is 1.24. The Morgan fingerprint density at radius 3 is 3.00 bits per heavy atom. The average molecular weight is 265 g/mol. The van der Waals surface area contributed by atoms with Crippen molar-refractivity contribution < 1.29 is 4.79 Å². The van der Waals surface area contributed by atoms with Crippen LogP contribution in [-0.4, -0.2) is 27.4 Å². The van der Waals surface area contributed by atoms with E-state index in [1.807, 2.05) is 0 Å². The number of halogens is 1. The predicted molar refractivity (Wildman–Crippen MR) is 68.6 cm³/mol. The number of hydrogen-bond acceptors (Lipinski definition) is 3. The Bertz CT molecular complexity index is 519. The fourth-order valence-electron chi connectivity index (χ4n) is 1.59. The Labute approximate surface area is 110 Å². The van der Waals surface area contributed by atoms with Crippen LogP contribution in [0.1, 0.15) is 21.9 Å². The molecule has 2 rings (SSSR count). The van der Waals surface area contributed by atoms with Crippen LogP contribution in [0.2, 0.25) is 5.15 Å². The highest BCUT2D eigenvalue weighted by Crippen LogP contribution is 2.10. The largest absolute Gasteiger partial charge is 0.352 e. The van der Waals surface area contributed by atoms with Gasteiger partial charge in [0, 0.05) is 36.6 Å². The van der Waals surface area contributed by atoms with Crippen molar-refractivity contribution in [1.82, 2.24) is 20.3 Å². The monoisotopic (exact) mass is 264 g/mol. The molecule has 0 saturated carbocycles. The minimum absolute atomic E-state index is 0.158. The molecule has 0 aliphatic carbocycles. The molecule has 0 aromatic carbocycles. The molecule has 0 aliphatic rings. The molecular weight excluding hydrogens is 252 g/mol. The molecule has 0 saturated heterocycles. The van der Waals surface area contributed by atoms with Gasteiger partial charge in [-0.1, -0.05) is 11.6 Å². The highest BCUT2D eigenvalue weighted by Gasteiger charge is 2.07. The second-order valence-corrected chi connectivity index (χ2v) is 4.25. The van der Waals surface area contributed by atoms with Crippen LogP contribution in [0.25, 0.3) is 0 Å². The summed E-state index contributed by atoms with van der Waals surface area (Å²) < 4.78 is 0. The molecule has 6 heteroatoms. The van der Waals surface area contributed by atoms with Crippen LogP contribution in [-0.2, 0) is 6.42 Å². The number of carbonyl (C=O) groups excluding carboxylic acids is 1. The molecular formula is C12H13ClN4O. The molecule has 0 spiro atoms. The zero-order valence-corrected chi connectivity index (χ0v) is 10.7. The van der Waals surface area contributed by atoms with E-state index in [0.29, 0.717) is 23.7 Å². The van der Waals surface area contributed by atoms with Crippen molar-refractivity contribution in [3.05, 3.63) is 46.8 Å². The maximum atomic E-state index is 11.8. The number of aromatic amines is 1. The lowest BCUT2D eigenvalue weighted by Crippen LogP contribution is -2.26. The van der Waals surface area contributed by atoms with E-state index in [-0.39, 0.29) is 5.91 Å². The van der Waals surface area contributed by atoms with Crippen molar-refractivity contribution in [1.29, 1.82) is 0 Å². The summed E-state index contributed by atoms with van der Waals surface area (Å²) in [5.74, 6) is 0.688. The van der Waals surface area contributed by atoms with Gasteiger partial charge >= 0.3 is 0 Å². The zero-order valence-electron chi connectivity index (χ0n) is 9.90. The molecule has 0 aliphatic heterocycles. The molecule has 2 N–H and O–H groups in total. The maximum Gasteiger partial charge on any atom is 0.251 e. The first-order valence-corrected chi connectivity index (χ1v) is 5.93. The van der Waals surface area contributed by atoms with Crippen LogP contribution in [0.5, 0.6) is 0 Å². The van der Waals surface area contributed by atoms with Gasteiger partial charge in [-0.3, -0.25) is 4.79 Å². The van der Waals surface area contributed by atoms with E-state index in [9.17, 15) is 4.79 Å². The van der Waals surface area contributed by atoms with Crippen LogP contribution in [0, 0.1) is 6.92 Å². The SMILES string of the molecule is Cc1cc(C(=O)NCCc2ncc[nH]2)cc(Cl)n1. The minimum atomic E-state index is -0.158. The van der Waals surface area contributed by atoms with Gasteiger partial charge in [-0.2, -0.15) is 0 Å². The summed E-state index contributed by atoms with van der Waals surface area (Å²) in [4.78, 5) is 22.9. The van der Waals surface area contributed by atoms with Crippen LogP contribution in [0.4, 0.5) is 0 Å². The first kappa shape index (κ1) is 12.6. The first-order chi connectivity index (χ1) is 8.65. The molecule has 5 nitrogen and oxygen atoms in total. The third-order valence-electron chi connectivity index (χ3n) is 2.39. The molecule has 94 valence electrons. The molecule has 2 aromatic rings. The van der Waals surface area contributed by atoms with E-state index in [4.69, 9.17) is 11.6 Å². The first-order valence-electron chi connectivity index (χ1n) is 5.56. The van der Waals surface area contributed by atoms with Crippen LogP contribution < -0.4 is 5.32 Å². The topological polar surface area (TPSA) is 70.7 Å². The minimum Gasteiger partial charge on any atom is -0.352 e. The lowest BCUT2D eigenvalue weighted by molar-refractivity contribution is 0.0954. The lowest BCUT2D eigenvalue weighted by Gasteiger charge is -2.05. The fourth-order valence-corrected chi connectivity index (χ4v) is 1.84. The number of aromatic nitrogens is 3. The van der Waals surface area contributed by atoms with Crippen molar-refractivity contribution in [2.45, 2.75) is 13.3 Å². The van der Waals surface area contributed by atoms with E-state index in [1.165, 1.54) is 0 Å². The number of aryl methyl sites for hydroxylation is 1. The van der Waals surface area contributed by atoms with Crippen molar-refractivity contribution >= 4 is 17.5 Å². The van der Waals surface area contributed by atoms with Gasteiger partial charge in [-0.05, 0) is 19.1 Å². The molecule has 0 unspecified atom stereocenters. The van der Waals surface area contributed by atoms with Crippen LogP contribution >= 0.6 is 11.6 Å². The van der Waals surface area contributed by atoms with Crippen LogP contribution in [0.3, 0.4) is 0 Å². The molecule has 18 heavy (non-hydrogen) atoms. The Kier molecular flexibility index (Phi) is 3.94. The Balaban J connectivity index is 1.91. The average Bonchev–Trinajstić information content (AvgIpc) is 2.80. The smallest absolute Gasteiger partial charge is 0.251 e. The van der Waals surface area contributed by atoms with E-state index in [1.54, 1.807) is 31.5 Å². The molecule has 0 fully saturated rings. The molecule has 1 amide bonds. The number of carbonyl (C=O) groups is 1. The van der Waals surface area contributed by atoms with E-state index in [2.05, 4.69) is 20.3 Å². The Hall–Kier alpha value is -1.88. The molecule has 0 bridgehead atoms. The van der Waals surface area contributed by atoms with E-state index < -0.39 is 0 Å². The number of rotatable bonds is 4. The van der Waals surface area contributed by atoms with Crippen molar-refractivity contribution in [3.63, 3.8) is 0 Å². The van der Waals surface area contributed by atoms with E-state index in [0.717, 1.165) is 11.5 Å². The standard InChI is InChI=1S/C12H13ClN4O/c1-8-6-9(7-10(13)17-8)12(18)16-3-2-11-14-4-5-15-11/h4-7H,2-3H2,1H3,(H,14,15)(H,16,18). The highest BCUT2D eigenvalue weighted by molar-refractivity contribution is 6.29. The third-order valence-corrected chi connectivity index (χ3v) is 2.58. The second kappa shape index (κ2) is 5.64. The summed E-state index contributed by atoms with van der Waals surface area (Å²) in [6, 6.07) is 3.25. The lowest BCUT2D eigenvalue weighted by atomic mass is 10.2. The van der Waals surface area contributed by atoms with Gasteiger partial charge in [0.25, 0.3) is 5.91 Å². The van der Waals surface area contributed by atoms with Crippen molar-refractivity contribution in [3.8, 4) is 0 Å². The Morgan fingerprint density at radius 2 is 2.33 bits per heavy atom. The summed E-state index contributed by atoms with van der Waals surface area (Å²) in [6.07, 6.45) is 4.10. The number of amides is 1. The number of nitrogens with one attached hydrogen (secondary N) is 2. The molecule has 0 radical (unpaired) electrons. The number of imidazole rings is 1. The summed E-state index contributed by atoms with van der Waals surface area (Å²) in [6.45, 7) is 2.32. The third kappa shape index (κ3) is 3.30. The van der Waals surface area contributed by atoms with E-state index >= 15 is 0 Å². The number of pyridine rings is 1. The van der Waals surface area contributed by atoms with Gasteiger partial charge in [0.05, 0.1) is 0 Å².